The molecule has 0 spiro atoms. The fraction of sp³-hybridized carbons (Fsp3) is 0.550. The normalized spacial score (nSPS) is 16.2. The molecule has 0 unspecified atom stereocenters. The SMILES string of the molecule is CC(C)(C)c1nc(C(C)(C)NC(=O)c2ccc(S(=O)(=O)N3CCCC3)cc2)no1. The quantitative estimate of drug-likeness (QED) is 0.797. The van der Waals surface area contributed by atoms with Crippen molar-refractivity contribution in [3.8, 4) is 0 Å². The molecule has 0 atom stereocenters. The minimum Gasteiger partial charge on any atom is -0.340 e. The van der Waals surface area contributed by atoms with Crippen molar-refractivity contribution in [3.63, 3.8) is 0 Å². The van der Waals surface area contributed by atoms with Crippen LogP contribution in [0.2, 0.25) is 0 Å². The molecule has 1 aromatic carbocycles. The van der Waals surface area contributed by atoms with Crippen molar-refractivity contribution in [2.75, 3.05) is 13.1 Å². The van der Waals surface area contributed by atoms with Crippen LogP contribution >= 0.6 is 0 Å². The molecule has 2 heterocycles. The third-order valence-corrected chi connectivity index (χ3v) is 6.78. The van der Waals surface area contributed by atoms with E-state index in [9.17, 15) is 13.2 Å². The van der Waals surface area contributed by atoms with Crippen LogP contribution in [-0.4, -0.2) is 41.9 Å². The van der Waals surface area contributed by atoms with Gasteiger partial charge in [-0.1, -0.05) is 25.9 Å². The van der Waals surface area contributed by atoms with E-state index in [0.717, 1.165) is 12.8 Å². The molecule has 1 N–H and O–H groups in total. The molecule has 1 fully saturated rings. The van der Waals surface area contributed by atoms with E-state index in [4.69, 9.17) is 4.52 Å². The summed E-state index contributed by atoms with van der Waals surface area (Å²) in [5, 5.41) is 6.89. The fourth-order valence-electron chi connectivity index (χ4n) is 3.05. The average molecular weight is 421 g/mol. The van der Waals surface area contributed by atoms with Gasteiger partial charge in [0, 0.05) is 24.1 Å². The Bertz CT molecular complexity index is 982. The highest BCUT2D eigenvalue weighted by atomic mass is 32.2. The first kappa shape index (κ1) is 21.4. The van der Waals surface area contributed by atoms with Crippen LogP contribution in [-0.2, 0) is 21.0 Å². The number of nitrogens with zero attached hydrogens (tertiary/aromatic N) is 3. The van der Waals surface area contributed by atoms with Gasteiger partial charge in [0.15, 0.2) is 5.82 Å². The molecule has 1 aromatic heterocycles. The van der Waals surface area contributed by atoms with Crippen molar-refractivity contribution in [3.05, 3.63) is 41.5 Å². The van der Waals surface area contributed by atoms with Crippen LogP contribution in [0.15, 0.2) is 33.7 Å². The van der Waals surface area contributed by atoms with Gasteiger partial charge in [-0.05, 0) is 51.0 Å². The lowest BCUT2D eigenvalue weighted by atomic mass is 9.97. The van der Waals surface area contributed by atoms with Gasteiger partial charge in [0.1, 0.15) is 0 Å². The molecule has 29 heavy (non-hydrogen) atoms. The summed E-state index contributed by atoms with van der Waals surface area (Å²) in [5.74, 6) is 0.525. The van der Waals surface area contributed by atoms with E-state index >= 15 is 0 Å². The number of sulfonamides is 1. The van der Waals surface area contributed by atoms with E-state index in [1.807, 2.05) is 20.8 Å². The van der Waals surface area contributed by atoms with Crippen molar-refractivity contribution < 1.29 is 17.7 Å². The van der Waals surface area contributed by atoms with E-state index in [1.54, 1.807) is 13.8 Å². The van der Waals surface area contributed by atoms with Crippen LogP contribution in [0.1, 0.15) is 69.5 Å². The Morgan fingerprint density at radius 1 is 1.07 bits per heavy atom. The summed E-state index contributed by atoms with van der Waals surface area (Å²) < 4.78 is 32.0. The van der Waals surface area contributed by atoms with Crippen LogP contribution in [0.3, 0.4) is 0 Å². The Morgan fingerprint density at radius 3 is 2.17 bits per heavy atom. The van der Waals surface area contributed by atoms with Gasteiger partial charge in [-0.3, -0.25) is 4.79 Å². The van der Waals surface area contributed by atoms with Gasteiger partial charge in [0.05, 0.1) is 10.4 Å². The maximum atomic E-state index is 12.7. The fourth-order valence-corrected chi connectivity index (χ4v) is 4.57. The maximum absolute atomic E-state index is 12.7. The van der Waals surface area contributed by atoms with Gasteiger partial charge in [-0.2, -0.15) is 9.29 Å². The number of hydrogen-bond donors (Lipinski definition) is 1. The van der Waals surface area contributed by atoms with Crippen LogP contribution < -0.4 is 5.32 Å². The number of amides is 1. The number of carbonyl (C=O) groups excluding carboxylic acids is 1. The molecule has 0 radical (unpaired) electrons. The zero-order valence-electron chi connectivity index (χ0n) is 17.5. The predicted octanol–water partition coefficient (Wildman–Crippen LogP) is 2.82. The second kappa shape index (κ2) is 7.53. The number of benzene rings is 1. The molecule has 3 rings (SSSR count). The molecule has 1 aliphatic rings. The Balaban J connectivity index is 1.74. The molecule has 0 saturated carbocycles. The van der Waals surface area contributed by atoms with Crippen LogP contribution in [0.25, 0.3) is 0 Å². The molecule has 0 aliphatic carbocycles. The topological polar surface area (TPSA) is 105 Å². The molecule has 8 nitrogen and oxygen atoms in total. The third kappa shape index (κ3) is 4.51. The largest absolute Gasteiger partial charge is 0.340 e. The van der Waals surface area contributed by atoms with Gasteiger partial charge in [-0.15, -0.1) is 0 Å². The van der Waals surface area contributed by atoms with Gasteiger partial charge < -0.3 is 9.84 Å². The van der Waals surface area contributed by atoms with Crippen molar-refractivity contribution in [1.82, 2.24) is 19.8 Å². The predicted molar refractivity (Wildman–Crippen MR) is 108 cm³/mol. The monoisotopic (exact) mass is 420 g/mol. The number of hydrogen-bond acceptors (Lipinski definition) is 6. The van der Waals surface area contributed by atoms with E-state index in [1.165, 1.54) is 28.6 Å². The van der Waals surface area contributed by atoms with Gasteiger partial charge in [-0.25, -0.2) is 8.42 Å². The first-order valence-electron chi connectivity index (χ1n) is 9.69. The number of carbonyl (C=O) groups is 1. The molecule has 1 aliphatic heterocycles. The second-order valence-electron chi connectivity index (χ2n) is 8.89. The number of rotatable bonds is 5. The minimum absolute atomic E-state index is 0.197. The molecule has 9 heteroatoms. The lowest BCUT2D eigenvalue weighted by Gasteiger charge is -2.22. The minimum atomic E-state index is -3.50. The van der Waals surface area contributed by atoms with Crippen LogP contribution in [0.5, 0.6) is 0 Å². The van der Waals surface area contributed by atoms with E-state index < -0.39 is 15.6 Å². The smallest absolute Gasteiger partial charge is 0.252 e. The number of aromatic nitrogens is 2. The standard InChI is InChI=1S/C20H28N4O4S/c1-19(2,3)18-21-17(23-28-18)20(4,5)22-16(25)14-8-10-15(11-9-14)29(26,27)24-12-6-7-13-24/h8-11H,6-7,12-13H2,1-5H3,(H,22,25). The van der Waals surface area contributed by atoms with Crippen molar-refractivity contribution in [2.45, 2.75) is 63.3 Å². The molecule has 1 amide bonds. The summed E-state index contributed by atoms with van der Waals surface area (Å²) in [7, 11) is -3.50. The summed E-state index contributed by atoms with van der Waals surface area (Å²) >= 11 is 0. The Kier molecular flexibility index (Phi) is 5.57. The maximum Gasteiger partial charge on any atom is 0.252 e. The first-order valence-corrected chi connectivity index (χ1v) is 11.1. The highest BCUT2D eigenvalue weighted by Gasteiger charge is 2.32. The second-order valence-corrected chi connectivity index (χ2v) is 10.8. The summed E-state index contributed by atoms with van der Waals surface area (Å²) in [4.78, 5) is 17.3. The average Bonchev–Trinajstić information content (AvgIpc) is 3.33. The van der Waals surface area contributed by atoms with Crippen molar-refractivity contribution in [2.24, 2.45) is 0 Å². The molecule has 0 bridgehead atoms. The first-order chi connectivity index (χ1) is 13.4. The molecular formula is C20H28N4O4S. The van der Waals surface area contributed by atoms with E-state index in [-0.39, 0.29) is 16.2 Å². The van der Waals surface area contributed by atoms with Gasteiger partial charge in [0.2, 0.25) is 15.9 Å². The van der Waals surface area contributed by atoms with E-state index in [2.05, 4.69) is 15.5 Å². The lowest BCUT2D eigenvalue weighted by Crippen LogP contribution is -2.42. The Morgan fingerprint density at radius 2 is 1.66 bits per heavy atom. The Hall–Kier alpha value is -2.26. The van der Waals surface area contributed by atoms with Crippen LogP contribution in [0, 0.1) is 0 Å². The summed E-state index contributed by atoms with van der Waals surface area (Å²) in [5.41, 5.74) is -0.787. The lowest BCUT2D eigenvalue weighted by molar-refractivity contribution is 0.0907. The highest BCUT2D eigenvalue weighted by molar-refractivity contribution is 7.89. The molecule has 158 valence electrons. The summed E-state index contributed by atoms with van der Waals surface area (Å²) in [6, 6.07) is 5.99. The van der Waals surface area contributed by atoms with Gasteiger partial charge in [0.25, 0.3) is 5.91 Å². The van der Waals surface area contributed by atoms with Crippen molar-refractivity contribution >= 4 is 15.9 Å². The van der Waals surface area contributed by atoms with Crippen molar-refractivity contribution in [1.29, 1.82) is 0 Å². The highest BCUT2D eigenvalue weighted by Crippen LogP contribution is 2.25. The number of nitrogens with one attached hydrogen (secondary N) is 1. The molecule has 2 aromatic rings. The molecular weight excluding hydrogens is 392 g/mol. The summed E-state index contributed by atoms with van der Waals surface area (Å²) in [6.07, 6.45) is 1.75. The Labute approximate surface area is 171 Å². The summed E-state index contributed by atoms with van der Waals surface area (Å²) in [6.45, 7) is 10.6. The third-order valence-electron chi connectivity index (χ3n) is 4.87. The van der Waals surface area contributed by atoms with Gasteiger partial charge >= 0.3 is 0 Å². The molecule has 1 saturated heterocycles. The zero-order valence-corrected chi connectivity index (χ0v) is 18.3. The van der Waals surface area contributed by atoms with E-state index in [0.29, 0.717) is 30.4 Å². The zero-order chi connectivity index (χ0) is 21.4. The van der Waals surface area contributed by atoms with Crippen LogP contribution in [0.4, 0.5) is 0 Å².